The molecule has 0 saturated heterocycles. The molecule has 0 bridgehead atoms. The zero-order chi connectivity index (χ0) is 37.0. The molecule has 0 amide bonds. The molecular formula is C55H42. The van der Waals surface area contributed by atoms with Crippen LogP contribution in [0.5, 0.6) is 0 Å². The summed E-state index contributed by atoms with van der Waals surface area (Å²) in [6.45, 7) is 2.39. The first-order chi connectivity index (χ1) is 27.1. The van der Waals surface area contributed by atoms with Crippen molar-refractivity contribution in [1.29, 1.82) is 0 Å². The average molecular weight is 703 g/mol. The van der Waals surface area contributed by atoms with Crippen LogP contribution in [0.15, 0.2) is 224 Å². The van der Waals surface area contributed by atoms with E-state index in [2.05, 4.69) is 231 Å². The van der Waals surface area contributed by atoms with Gasteiger partial charge in [-0.3, -0.25) is 0 Å². The standard InChI is InChI=1S/C55H42/c1-55(47-22-9-4-10-23-47,48-35-33-45(34-36-48)43-18-7-3-8-19-43)54-27-14-13-25-52(54)51-37-30-41(38-40-28-31-44(32-29-40)42-16-5-2-6-17-42)39-53(51)50-26-15-21-46-20-11-12-24-49(46)50/h2-37,39H,38H2,1H3. The van der Waals surface area contributed by atoms with Crippen molar-refractivity contribution in [3.05, 3.63) is 252 Å². The predicted octanol–water partition coefficient (Wildman–Crippen LogP) is 14.5. The van der Waals surface area contributed by atoms with Gasteiger partial charge in [0.2, 0.25) is 0 Å². The molecular weight excluding hydrogens is 661 g/mol. The number of hydrogen-bond acceptors (Lipinski definition) is 0. The first kappa shape index (κ1) is 34.0. The lowest BCUT2D eigenvalue weighted by atomic mass is 9.68. The average Bonchev–Trinajstić information content (AvgIpc) is 3.27. The second-order valence-electron chi connectivity index (χ2n) is 14.6. The van der Waals surface area contributed by atoms with Gasteiger partial charge in [-0.1, -0.05) is 224 Å². The topological polar surface area (TPSA) is 0 Å². The normalized spacial score (nSPS) is 12.3. The van der Waals surface area contributed by atoms with Crippen LogP contribution >= 0.6 is 0 Å². The molecule has 0 heterocycles. The second-order valence-corrected chi connectivity index (χ2v) is 14.6. The summed E-state index contributed by atoms with van der Waals surface area (Å²) in [5.41, 5.74) is 15.8. The third-order valence-electron chi connectivity index (χ3n) is 11.3. The Hall–Kier alpha value is -6.76. The summed E-state index contributed by atoms with van der Waals surface area (Å²) >= 11 is 0. The van der Waals surface area contributed by atoms with Gasteiger partial charge in [0, 0.05) is 5.41 Å². The van der Waals surface area contributed by atoms with Crippen molar-refractivity contribution in [2.24, 2.45) is 0 Å². The van der Waals surface area contributed by atoms with Crippen molar-refractivity contribution < 1.29 is 0 Å². The van der Waals surface area contributed by atoms with E-state index in [0.717, 1.165) is 6.42 Å². The van der Waals surface area contributed by atoms with E-state index in [0.29, 0.717) is 0 Å². The lowest BCUT2D eigenvalue weighted by molar-refractivity contribution is 0.694. The van der Waals surface area contributed by atoms with Gasteiger partial charge in [0.25, 0.3) is 0 Å². The van der Waals surface area contributed by atoms with Gasteiger partial charge < -0.3 is 0 Å². The Morgan fingerprint density at radius 3 is 1.51 bits per heavy atom. The molecule has 1 atom stereocenters. The molecule has 0 spiro atoms. The highest BCUT2D eigenvalue weighted by Crippen LogP contribution is 2.46. The van der Waals surface area contributed by atoms with Gasteiger partial charge in [0.05, 0.1) is 0 Å². The minimum Gasteiger partial charge on any atom is -0.0622 e. The van der Waals surface area contributed by atoms with Crippen molar-refractivity contribution >= 4 is 10.8 Å². The molecule has 9 aromatic carbocycles. The molecule has 0 heteroatoms. The zero-order valence-corrected chi connectivity index (χ0v) is 31.1. The Labute approximate surface area is 325 Å². The Bertz CT molecular complexity index is 2690. The molecule has 0 N–H and O–H groups in total. The van der Waals surface area contributed by atoms with Gasteiger partial charge in [-0.15, -0.1) is 0 Å². The van der Waals surface area contributed by atoms with E-state index < -0.39 is 5.41 Å². The highest BCUT2D eigenvalue weighted by Gasteiger charge is 2.34. The summed E-state index contributed by atoms with van der Waals surface area (Å²) in [4.78, 5) is 0. The predicted molar refractivity (Wildman–Crippen MR) is 233 cm³/mol. The number of benzene rings is 9. The smallest absolute Gasteiger partial charge is 0.0429 e. The molecule has 1 unspecified atom stereocenters. The maximum Gasteiger partial charge on any atom is 0.0429 e. The van der Waals surface area contributed by atoms with Gasteiger partial charge >= 0.3 is 0 Å². The van der Waals surface area contributed by atoms with Crippen LogP contribution in [0.3, 0.4) is 0 Å². The monoisotopic (exact) mass is 702 g/mol. The molecule has 0 aromatic heterocycles. The number of fused-ring (bicyclic) bond motifs is 1. The molecule has 0 aliphatic rings. The van der Waals surface area contributed by atoms with Crippen LogP contribution in [0, 0.1) is 0 Å². The van der Waals surface area contributed by atoms with Crippen LogP contribution in [0.4, 0.5) is 0 Å². The van der Waals surface area contributed by atoms with Crippen LogP contribution in [0.1, 0.15) is 34.7 Å². The van der Waals surface area contributed by atoms with E-state index in [4.69, 9.17) is 0 Å². The maximum atomic E-state index is 2.44. The quantitative estimate of drug-likeness (QED) is 0.131. The molecule has 9 rings (SSSR count). The van der Waals surface area contributed by atoms with Crippen molar-refractivity contribution in [1.82, 2.24) is 0 Å². The van der Waals surface area contributed by atoms with Crippen molar-refractivity contribution in [2.75, 3.05) is 0 Å². The lowest BCUT2D eigenvalue weighted by Gasteiger charge is -2.34. The number of rotatable bonds is 9. The fourth-order valence-corrected chi connectivity index (χ4v) is 8.33. The first-order valence-corrected chi connectivity index (χ1v) is 19.2. The fraction of sp³-hybridized carbons (Fsp3) is 0.0545. The lowest BCUT2D eigenvalue weighted by Crippen LogP contribution is -2.26. The SMILES string of the molecule is CC(c1ccccc1)(c1ccc(-c2ccccc2)cc1)c1ccccc1-c1ccc(Cc2ccc(-c3ccccc3)cc2)cc1-c1cccc2ccccc12. The molecule has 262 valence electrons. The summed E-state index contributed by atoms with van der Waals surface area (Å²) in [6, 6.07) is 82.2. The van der Waals surface area contributed by atoms with Crippen LogP contribution in [-0.2, 0) is 11.8 Å². The highest BCUT2D eigenvalue weighted by molar-refractivity contribution is 6.01. The number of hydrogen-bond donors (Lipinski definition) is 0. The van der Waals surface area contributed by atoms with E-state index in [1.54, 1.807) is 0 Å². The van der Waals surface area contributed by atoms with Crippen molar-refractivity contribution in [2.45, 2.75) is 18.8 Å². The van der Waals surface area contributed by atoms with Crippen LogP contribution < -0.4 is 0 Å². The van der Waals surface area contributed by atoms with Crippen LogP contribution in [0.2, 0.25) is 0 Å². The summed E-state index contributed by atoms with van der Waals surface area (Å²) in [5, 5.41) is 2.50. The van der Waals surface area contributed by atoms with E-state index in [9.17, 15) is 0 Å². The molecule has 0 aliphatic heterocycles. The Morgan fingerprint density at radius 2 is 0.818 bits per heavy atom. The van der Waals surface area contributed by atoms with Gasteiger partial charge in [-0.05, 0) is 96.4 Å². The molecule has 0 nitrogen and oxygen atoms in total. The molecule has 0 saturated carbocycles. The molecule has 0 radical (unpaired) electrons. The van der Waals surface area contributed by atoms with Crippen LogP contribution in [-0.4, -0.2) is 0 Å². The van der Waals surface area contributed by atoms with Gasteiger partial charge in [0.1, 0.15) is 0 Å². The van der Waals surface area contributed by atoms with E-state index in [1.807, 2.05) is 0 Å². The van der Waals surface area contributed by atoms with Gasteiger partial charge in [-0.25, -0.2) is 0 Å². The minimum atomic E-state index is -0.428. The molecule has 0 fully saturated rings. The second kappa shape index (κ2) is 14.9. The fourth-order valence-electron chi connectivity index (χ4n) is 8.33. The van der Waals surface area contributed by atoms with Gasteiger partial charge in [0.15, 0.2) is 0 Å². The summed E-state index contributed by atoms with van der Waals surface area (Å²) in [6.07, 6.45) is 0.851. The molecule has 55 heavy (non-hydrogen) atoms. The van der Waals surface area contributed by atoms with Crippen LogP contribution in [0.25, 0.3) is 55.3 Å². The molecule has 0 aliphatic carbocycles. The largest absolute Gasteiger partial charge is 0.0622 e. The third-order valence-corrected chi connectivity index (χ3v) is 11.3. The van der Waals surface area contributed by atoms with E-state index in [1.165, 1.54) is 83.1 Å². The highest BCUT2D eigenvalue weighted by atomic mass is 14.4. The Morgan fingerprint density at radius 1 is 0.327 bits per heavy atom. The maximum absolute atomic E-state index is 2.44. The third kappa shape index (κ3) is 6.69. The molecule has 9 aromatic rings. The first-order valence-electron chi connectivity index (χ1n) is 19.2. The summed E-state index contributed by atoms with van der Waals surface area (Å²) < 4.78 is 0. The van der Waals surface area contributed by atoms with Crippen molar-refractivity contribution in [3.63, 3.8) is 0 Å². The Balaban J connectivity index is 1.20. The summed E-state index contributed by atoms with van der Waals surface area (Å²) in [7, 11) is 0. The van der Waals surface area contributed by atoms with E-state index >= 15 is 0 Å². The Kier molecular flexibility index (Phi) is 9.24. The zero-order valence-electron chi connectivity index (χ0n) is 31.1. The van der Waals surface area contributed by atoms with Crippen molar-refractivity contribution in [3.8, 4) is 44.5 Å². The van der Waals surface area contributed by atoms with Gasteiger partial charge in [-0.2, -0.15) is 0 Å². The summed E-state index contributed by atoms with van der Waals surface area (Å²) in [5.74, 6) is 0. The van der Waals surface area contributed by atoms with E-state index in [-0.39, 0.29) is 0 Å². The minimum absolute atomic E-state index is 0.428.